The molecule has 0 aliphatic rings. The zero-order valence-electron chi connectivity index (χ0n) is 13.9. The number of hydrogen-bond donors (Lipinski definition) is 1. The van der Waals surface area contributed by atoms with Crippen LogP contribution in [-0.2, 0) is 0 Å². The summed E-state index contributed by atoms with van der Waals surface area (Å²) in [5, 5.41) is 9.71. The van der Waals surface area contributed by atoms with E-state index in [0.717, 1.165) is 5.39 Å². The van der Waals surface area contributed by atoms with Gasteiger partial charge in [-0.05, 0) is 43.3 Å². The minimum Gasteiger partial charge on any atom is -0.496 e. The second-order valence-corrected chi connectivity index (χ2v) is 5.38. The van der Waals surface area contributed by atoms with E-state index in [9.17, 15) is 9.59 Å². The van der Waals surface area contributed by atoms with E-state index < -0.39 is 5.97 Å². The normalized spacial score (nSPS) is 10.6. The van der Waals surface area contributed by atoms with Crippen molar-refractivity contribution in [2.45, 2.75) is 6.92 Å². The number of amides is 1. The maximum absolute atomic E-state index is 12.8. The first-order valence-electron chi connectivity index (χ1n) is 7.77. The first kappa shape index (κ1) is 16.6. The molecule has 2 aromatic carbocycles. The van der Waals surface area contributed by atoms with Crippen molar-refractivity contribution in [3.05, 3.63) is 59.9 Å². The second-order valence-electron chi connectivity index (χ2n) is 5.38. The smallest absolute Gasteiger partial charge is 0.335 e. The van der Waals surface area contributed by atoms with E-state index in [-0.39, 0.29) is 17.2 Å². The summed E-state index contributed by atoms with van der Waals surface area (Å²) < 4.78 is 11.0. The van der Waals surface area contributed by atoms with Crippen LogP contribution in [0.5, 0.6) is 5.75 Å². The molecule has 0 aliphatic heterocycles. The molecule has 0 atom stereocenters. The Balaban J connectivity index is 1.96. The maximum Gasteiger partial charge on any atom is 0.335 e. The molecule has 0 spiro atoms. The first-order chi connectivity index (χ1) is 12.0. The van der Waals surface area contributed by atoms with Crippen LogP contribution in [0.2, 0.25) is 0 Å². The van der Waals surface area contributed by atoms with E-state index in [2.05, 4.69) is 0 Å². The Morgan fingerprint density at radius 3 is 2.48 bits per heavy atom. The van der Waals surface area contributed by atoms with Crippen molar-refractivity contribution in [3.8, 4) is 5.75 Å². The van der Waals surface area contributed by atoms with Gasteiger partial charge >= 0.3 is 5.97 Å². The second kappa shape index (κ2) is 6.68. The number of anilines is 1. The zero-order chi connectivity index (χ0) is 18.0. The van der Waals surface area contributed by atoms with Crippen molar-refractivity contribution in [1.82, 2.24) is 0 Å². The number of carbonyl (C=O) groups is 2. The van der Waals surface area contributed by atoms with Gasteiger partial charge in [-0.15, -0.1) is 0 Å². The molecule has 25 heavy (non-hydrogen) atoms. The Kier molecular flexibility index (Phi) is 4.43. The molecule has 3 aromatic rings. The van der Waals surface area contributed by atoms with Crippen molar-refractivity contribution in [2.24, 2.45) is 0 Å². The molecule has 0 saturated heterocycles. The lowest BCUT2D eigenvalue weighted by Crippen LogP contribution is -2.30. The van der Waals surface area contributed by atoms with E-state index in [4.69, 9.17) is 14.3 Å². The highest BCUT2D eigenvalue weighted by atomic mass is 16.5. The van der Waals surface area contributed by atoms with Gasteiger partial charge in [-0.25, -0.2) is 4.79 Å². The van der Waals surface area contributed by atoms with Gasteiger partial charge in [0, 0.05) is 18.3 Å². The number of fused-ring (bicyclic) bond motifs is 1. The average Bonchev–Trinajstić information content (AvgIpc) is 3.07. The lowest BCUT2D eigenvalue weighted by atomic mass is 10.2. The van der Waals surface area contributed by atoms with Crippen molar-refractivity contribution in [1.29, 1.82) is 0 Å². The van der Waals surface area contributed by atoms with Crippen LogP contribution >= 0.6 is 0 Å². The number of aromatic carboxylic acids is 1. The quantitative estimate of drug-likeness (QED) is 0.764. The number of benzene rings is 2. The summed E-state index contributed by atoms with van der Waals surface area (Å²) in [6, 6.07) is 13.2. The van der Waals surface area contributed by atoms with Gasteiger partial charge in [0.1, 0.15) is 11.3 Å². The molecule has 0 fully saturated rings. The van der Waals surface area contributed by atoms with Crippen LogP contribution in [0.4, 0.5) is 5.69 Å². The predicted octanol–water partition coefficient (Wildman–Crippen LogP) is 3.81. The molecule has 1 aromatic heterocycles. The molecule has 1 N–H and O–H groups in total. The Bertz CT molecular complexity index is 927. The third-order valence-corrected chi connectivity index (χ3v) is 3.94. The molecule has 1 heterocycles. The number of carbonyl (C=O) groups excluding carboxylic acids is 1. The minimum atomic E-state index is -1.01. The lowest BCUT2D eigenvalue weighted by Gasteiger charge is -2.19. The molecular weight excluding hydrogens is 322 g/mol. The summed E-state index contributed by atoms with van der Waals surface area (Å²) in [4.78, 5) is 25.3. The maximum atomic E-state index is 12.8. The van der Waals surface area contributed by atoms with Crippen LogP contribution in [0.25, 0.3) is 11.0 Å². The predicted molar refractivity (Wildman–Crippen MR) is 93.5 cm³/mol. The molecule has 128 valence electrons. The van der Waals surface area contributed by atoms with Crippen LogP contribution in [0.15, 0.2) is 52.9 Å². The van der Waals surface area contributed by atoms with E-state index >= 15 is 0 Å². The van der Waals surface area contributed by atoms with Gasteiger partial charge in [0.05, 0.1) is 18.1 Å². The number of carboxylic acids is 1. The van der Waals surface area contributed by atoms with Crippen LogP contribution in [0.1, 0.15) is 27.8 Å². The molecule has 0 saturated carbocycles. The topological polar surface area (TPSA) is 80.0 Å². The molecule has 0 aliphatic carbocycles. The van der Waals surface area contributed by atoms with Gasteiger partial charge in [0.15, 0.2) is 5.76 Å². The Hall–Kier alpha value is -3.28. The molecule has 1 amide bonds. The SMILES string of the molecule is CCN(C(=O)c1cc2c(OC)cccc2o1)c1ccc(C(=O)O)cc1. The fourth-order valence-electron chi connectivity index (χ4n) is 2.68. The third kappa shape index (κ3) is 3.06. The average molecular weight is 339 g/mol. The van der Waals surface area contributed by atoms with Crippen molar-refractivity contribution in [2.75, 3.05) is 18.6 Å². The monoisotopic (exact) mass is 339 g/mol. The molecule has 0 unspecified atom stereocenters. The summed E-state index contributed by atoms with van der Waals surface area (Å²) in [7, 11) is 1.56. The van der Waals surface area contributed by atoms with Gasteiger partial charge in [-0.3, -0.25) is 4.79 Å². The summed E-state index contributed by atoms with van der Waals surface area (Å²) >= 11 is 0. The van der Waals surface area contributed by atoms with Crippen molar-refractivity contribution >= 4 is 28.5 Å². The van der Waals surface area contributed by atoms with Gasteiger partial charge in [0.2, 0.25) is 0 Å². The Morgan fingerprint density at radius 2 is 1.88 bits per heavy atom. The van der Waals surface area contributed by atoms with E-state index in [1.165, 1.54) is 17.0 Å². The van der Waals surface area contributed by atoms with Crippen LogP contribution < -0.4 is 9.64 Å². The summed E-state index contributed by atoms with van der Waals surface area (Å²) in [6.07, 6.45) is 0. The largest absolute Gasteiger partial charge is 0.496 e. The van der Waals surface area contributed by atoms with Gasteiger partial charge < -0.3 is 19.2 Å². The van der Waals surface area contributed by atoms with E-state index in [1.54, 1.807) is 43.5 Å². The minimum absolute atomic E-state index is 0.167. The van der Waals surface area contributed by atoms with Gasteiger partial charge in [-0.1, -0.05) is 6.07 Å². The summed E-state index contributed by atoms with van der Waals surface area (Å²) in [5.74, 6) is -0.480. The molecule has 6 nitrogen and oxygen atoms in total. The highest BCUT2D eigenvalue weighted by Crippen LogP contribution is 2.29. The molecule has 0 radical (unpaired) electrons. The highest BCUT2D eigenvalue weighted by molar-refractivity contribution is 6.07. The first-order valence-corrected chi connectivity index (χ1v) is 7.77. The third-order valence-electron chi connectivity index (χ3n) is 3.94. The van der Waals surface area contributed by atoms with Gasteiger partial charge in [-0.2, -0.15) is 0 Å². The van der Waals surface area contributed by atoms with E-state index in [1.807, 2.05) is 6.92 Å². The number of carboxylic acid groups (broad SMARTS) is 1. The molecule has 6 heteroatoms. The van der Waals surface area contributed by atoms with E-state index in [0.29, 0.717) is 23.6 Å². The summed E-state index contributed by atoms with van der Waals surface area (Å²) in [6.45, 7) is 2.26. The highest BCUT2D eigenvalue weighted by Gasteiger charge is 2.21. The zero-order valence-corrected chi connectivity index (χ0v) is 13.9. The number of ether oxygens (including phenoxy) is 1. The number of rotatable bonds is 5. The van der Waals surface area contributed by atoms with Crippen molar-refractivity contribution in [3.63, 3.8) is 0 Å². The number of hydrogen-bond acceptors (Lipinski definition) is 4. The number of furan rings is 1. The number of nitrogens with zero attached hydrogens (tertiary/aromatic N) is 1. The Morgan fingerprint density at radius 1 is 1.16 bits per heavy atom. The lowest BCUT2D eigenvalue weighted by molar-refractivity contribution is 0.0696. The standard InChI is InChI=1S/C19H17NO5/c1-3-20(13-9-7-12(8-10-13)19(22)23)18(21)17-11-14-15(24-2)5-4-6-16(14)25-17/h4-11H,3H2,1-2H3,(H,22,23). The Labute approximate surface area is 144 Å². The van der Waals surface area contributed by atoms with Crippen LogP contribution in [0, 0.1) is 0 Å². The molecule has 3 rings (SSSR count). The van der Waals surface area contributed by atoms with Crippen LogP contribution in [-0.4, -0.2) is 30.6 Å². The molecule has 0 bridgehead atoms. The fraction of sp³-hybridized carbons (Fsp3) is 0.158. The number of methoxy groups -OCH3 is 1. The molecular formula is C19H17NO5. The van der Waals surface area contributed by atoms with Crippen molar-refractivity contribution < 1.29 is 23.8 Å². The van der Waals surface area contributed by atoms with Gasteiger partial charge in [0.25, 0.3) is 5.91 Å². The summed E-state index contributed by atoms with van der Waals surface area (Å²) in [5.41, 5.74) is 1.34. The van der Waals surface area contributed by atoms with Crippen LogP contribution in [0.3, 0.4) is 0 Å². The fourth-order valence-corrected chi connectivity index (χ4v) is 2.68.